The lowest BCUT2D eigenvalue weighted by atomic mass is 10.3. The van der Waals surface area contributed by atoms with E-state index >= 15 is 0 Å². The van der Waals surface area contributed by atoms with Crippen LogP contribution in [-0.2, 0) is 9.53 Å². The van der Waals surface area contributed by atoms with Gasteiger partial charge in [0.05, 0.1) is 13.2 Å². The number of hydrogen-bond acceptors (Lipinski definition) is 4. The number of carbonyl (C=O) groups excluding carboxylic acids is 1. The zero-order chi connectivity index (χ0) is 7.98. The van der Waals surface area contributed by atoms with Crippen LogP contribution in [0.5, 0.6) is 0 Å². The first-order chi connectivity index (χ1) is 4.76. The molecule has 0 spiro atoms. The van der Waals surface area contributed by atoms with E-state index in [0.29, 0.717) is 0 Å². The molecule has 0 N–H and O–H groups in total. The summed E-state index contributed by atoms with van der Waals surface area (Å²) in [4.78, 5) is 10.5. The summed E-state index contributed by atoms with van der Waals surface area (Å²) in [5, 5.41) is 16.2. The minimum absolute atomic E-state index is 0.287. The van der Waals surface area contributed by atoms with Crippen LogP contribution >= 0.6 is 0 Å². The van der Waals surface area contributed by atoms with E-state index in [4.69, 9.17) is 10.5 Å². The number of carbonyl (C=O) groups is 1. The predicted octanol–water partition coefficient (Wildman–Crippen LogP) is 0.133. The van der Waals surface area contributed by atoms with E-state index < -0.39 is 5.97 Å². The van der Waals surface area contributed by atoms with E-state index in [1.807, 2.05) is 0 Å². The van der Waals surface area contributed by atoms with E-state index in [1.165, 1.54) is 6.07 Å². The highest BCUT2D eigenvalue weighted by atomic mass is 16.5. The number of methoxy groups -OCH3 is 1. The molecule has 10 heavy (non-hydrogen) atoms. The topological polar surface area (TPSA) is 73.9 Å². The van der Waals surface area contributed by atoms with Crippen molar-refractivity contribution in [2.75, 3.05) is 7.11 Å². The zero-order valence-corrected chi connectivity index (χ0v) is 5.29. The summed E-state index contributed by atoms with van der Waals surface area (Å²) in [6.07, 6.45) is 0.839. The third-order valence-electron chi connectivity index (χ3n) is 0.735. The lowest BCUT2D eigenvalue weighted by Gasteiger charge is -1.90. The molecule has 0 aliphatic carbocycles. The van der Waals surface area contributed by atoms with Crippen molar-refractivity contribution in [1.29, 1.82) is 10.5 Å². The Labute approximate surface area is 57.9 Å². The highest BCUT2D eigenvalue weighted by molar-refractivity contribution is 5.93. The molecule has 0 saturated carbocycles. The number of nitriles is 2. The van der Waals surface area contributed by atoms with Crippen molar-refractivity contribution in [3.8, 4) is 12.1 Å². The Morgan fingerprint density at radius 3 is 2.50 bits per heavy atom. The van der Waals surface area contributed by atoms with Gasteiger partial charge in [0.15, 0.2) is 0 Å². The van der Waals surface area contributed by atoms with Crippen LogP contribution in [0.3, 0.4) is 0 Å². The molecule has 0 aliphatic rings. The van der Waals surface area contributed by atoms with Crippen LogP contribution in [0.15, 0.2) is 11.6 Å². The molecule has 0 aliphatic heterocycles. The SMILES string of the molecule is COC(=O)/C(C#N)=C/C#N. The normalized spacial score (nSPS) is 9.30. The first-order valence-corrected chi connectivity index (χ1v) is 2.34. The van der Waals surface area contributed by atoms with Crippen LogP contribution in [-0.4, -0.2) is 13.1 Å². The first-order valence-electron chi connectivity index (χ1n) is 2.34. The van der Waals surface area contributed by atoms with Crippen LogP contribution in [0.2, 0.25) is 0 Å². The van der Waals surface area contributed by atoms with Gasteiger partial charge in [0, 0.05) is 6.08 Å². The Hall–Kier alpha value is -1.81. The summed E-state index contributed by atoms with van der Waals surface area (Å²) >= 11 is 0. The van der Waals surface area contributed by atoms with Gasteiger partial charge in [0.25, 0.3) is 0 Å². The average Bonchev–Trinajstić information content (AvgIpc) is 1.99. The molecule has 0 radical (unpaired) electrons. The summed E-state index contributed by atoms with van der Waals surface area (Å²) < 4.78 is 4.17. The van der Waals surface area contributed by atoms with E-state index in [-0.39, 0.29) is 5.57 Å². The lowest BCUT2D eigenvalue weighted by molar-refractivity contribution is -0.135. The standard InChI is InChI=1S/C6H4N2O2/c1-10-6(9)5(4-8)2-3-7/h2H,1H3/b5-2+. The Morgan fingerprint density at radius 2 is 2.20 bits per heavy atom. The number of allylic oxidation sites excluding steroid dienone is 1. The summed E-state index contributed by atoms with van der Waals surface area (Å²) in [6.45, 7) is 0. The highest BCUT2D eigenvalue weighted by Gasteiger charge is 2.06. The second-order valence-corrected chi connectivity index (χ2v) is 1.29. The van der Waals surface area contributed by atoms with Crippen LogP contribution in [0.4, 0.5) is 0 Å². The molecule has 0 rings (SSSR count). The molecule has 0 bridgehead atoms. The second-order valence-electron chi connectivity index (χ2n) is 1.29. The van der Waals surface area contributed by atoms with E-state index in [2.05, 4.69) is 4.74 Å². The van der Waals surface area contributed by atoms with Gasteiger partial charge < -0.3 is 4.74 Å². The van der Waals surface area contributed by atoms with Gasteiger partial charge in [-0.05, 0) is 0 Å². The van der Waals surface area contributed by atoms with Crippen molar-refractivity contribution in [3.63, 3.8) is 0 Å². The molecule has 0 aromatic carbocycles. The molecule has 0 amide bonds. The van der Waals surface area contributed by atoms with Gasteiger partial charge in [-0.2, -0.15) is 10.5 Å². The molecular formula is C6H4N2O2. The fourth-order valence-corrected chi connectivity index (χ4v) is 0.311. The fourth-order valence-electron chi connectivity index (χ4n) is 0.311. The zero-order valence-electron chi connectivity index (χ0n) is 5.29. The largest absolute Gasteiger partial charge is 0.465 e. The number of nitrogens with zero attached hydrogens (tertiary/aromatic N) is 2. The van der Waals surface area contributed by atoms with Gasteiger partial charge in [-0.25, -0.2) is 4.79 Å². The lowest BCUT2D eigenvalue weighted by Crippen LogP contribution is -2.02. The monoisotopic (exact) mass is 136 g/mol. The molecule has 0 aromatic rings. The van der Waals surface area contributed by atoms with E-state index in [9.17, 15) is 4.79 Å². The molecule has 4 nitrogen and oxygen atoms in total. The van der Waals surface area contributed by atoms with Gasteiger partial charge in [0.2, 0.25) is 0 Å². The van der Waals surface area contributed by atoms with Crippen molar-refractivity contribution in [3.05, 3.63) is 11.6 Å². The number of hydrogen-bond donors (Lipinski definition) is 0. The van der Waals surface area contributed by atoms with Gasteiger partial charge in [-0.15, -0.1) is 0 Å². The molecular weight excluding hydrogens is 132 g/mol. The predicted molar refractivity (Wildman–Crippen MR) is 31.3 cm³/mol. The third kappa shape index (κ3) is 1.97. The van der Waals surface area contributed by atoms with Crippen LogP contribution < -0.4 is 0 Å². The highest BCUT2D eigenvalue weighted by Crippen LogP contribution is 1.92. The van der Waals surface area contributed by atoms with Crippen molar-refractivity contribution < 1.29 is 9.53 Å². The van der Waals surface area contributed by atoms with Gasteiger partial charge >= 0.3 is 5.97 Å². The number of rotatable bonds is 1. The molecule has 0 heterocycles. The van der Waals surface area contributed by atoms with Crippen molar-refractivity contribution in [1.82, 2.24) is 0 Å². The van der Waals surface area contributed by atoms with Crippen molar-refractivity contribution >= 4 is 5.97 Å². The molecule has 0 unspecified atom stereocenters. The number of ether oxygens (including phenoxy) is 1. The van der Waals surface area contributed by atoms with Gasteiger partial charge in [-0.1, -0.05) is 0 Å². The maximum absolute atomic E-state index is 10.5. The Balaban J connectivity index is 4.45. The first kappa shape index (κ1) is 8.19. The maximum atomic E-state index is 10.5. The summed E-state index contributed by atoms with van der Waals surface area (Å²) in [5.74, 6) is -0.788. The molecule has 0 fully saturated rings. The van der Waals surface area contributed by atoms with E-state index in [0.717, 1.165) is 13.2 Å². The summed E-state index contributed by atoms with van der Waals surface area (Å²) in [7, 11) is 1.14. The summed E-state index contributed by atoms with van der Waals surface area (Å²) in [6, 6.07) is 3.07. The Morgan fingerprint density at radius 1 is 1.60 bits per heavy atom. The number of esters is 1. The molecule has 50 valence electrons. The van der Waals surface area contributed by atoms with Crippen LogP contribution in [0.25, 0.3) is 0 Å². The Bertz CT molecular complexity index is 241. The molecule has 0 saturated heterocycles. The summed E-state index contributed by atoms with van der Waals surface area (Å²) in [5.41, 5.74) is -0.287. The van der Waals surface area contributed by atoms with Crippen LogP contribution in [0.1, 0.15) is 0 Å². The maximum Gasteiger partial charge on any atom is 0.349 e. The van der Waals surface area contributed by atoms with E-state index in [1.54, 1.807) is 6.07 Å². The minimum Gasteiger partial charge on any atom is -0.465 e. The fraction of sp³-hybridized carbons (Fsp3) is 0.167. The second kappa shape index (κ2) is 4.11. The molecule has 0 aromatic heterocycles. The Kier molecular flexibility index (Phi) is 3.36. The van der Waals surface area contributed by atoms with Crippen molar-refractivity contribution in [2.24, 2.45) is 0 Å². The van der Waals surface area contributed by atoms with Crippen LogP contribution in [0, 0.1) is 22.7 Å². The quantitative estimate of drug-likeness (QED) is 0.292. The van der Waals surface area contributed by atoms with Crippen molar-refractivity contribution in [2.45, 2.75) is 0 Å². The van der Waals surface area contributed by atoms with Gasteiger partial charge in [-0.3, -0.25) is 0 Å². The third-order valence-corrected chi connectivity index (χ3v) is 0.735. The van der Waals surface area contributed by atoms with Gasteiger partial charge in [0.1, 0.15) is 11.6 Å². The average molecular weight is 136 g/mol. The minimum atomic E-state index is -0.788. The molecule has 4 heteroatoms. The smallest absolute Gasteiger partial charge is 0.349 e. The molecule has 0 atom stereocenters.